The van der Waals surface area contributed by atoms with E-state index in [9.17, 15) is 9.59 Å². The summed E-state index contributed by atoms with van der Waals surface area (Å²) < 4.78 is 10.5. The first kappa shape index (κ1) is 28.6. The Morgan fingerprint density at radius 3 is 2.23 bits per heavy atom. The Morgan fingerprint density at radius 1 is 0.850 bits per heavy atom. The first-order valence-electron chi connectivity index (χ1n) is 13.8. The van der Waals surface area contributed by atoms with Gasteiger partial charge in [0.25, 0.3) is 5.91 Å². The molecule has 6 nitrogen and oxygen atoms in total. The van der Waals surface area contributed by atoms with Gasteiger partial charge in [0.2, 0.25) is 0 Å². The molecule has 1 heterocycles. The van der Waals surface area contributed by atoms with E-state index in [1.54, 1.807) is 25.4 Å². The Labute approximate surface area is 236 Å². The quantitative estimate of drug-likeness (QED) is 0.176. The number of benzene rings is 3. The van der Waals surface area contributed by atoms with Crippen molar-refractivity contribution in [3.05, 3.63) is 132 Å². The van der Waals surface area contributed by atoms with Crippen LogP contribution in [0.4, 0.5) is 0 Å². The lowest BCUT2D eigenvalue weighted by atomic mass is 9.88. The third kappa shape index (κ3) is 8.53. The molecule has 0 unspecified atom stereocenters. The second kappa shape index (κ2) is 15.2. The molecule has 4 rings (SSSR count). The van der Waals surface area contributed by atoms with Gasteiger partial charge in [-0.2, -0.15) is 0 Å². The maximum absolute atomic E-state index is 13.6. The lowest BCUT2D eigenvalue weighted by Gasteiger charge is -2.26. The highest BCUT2D eigenvalue weighted by molar-refractivity contribution is 5.93. The Morgan fingerprint density at radius 2 is 1.57 bits per heavy atom. The maximum atomic E-state index is 13.6. The molecule has 0 spiro atoms. The molecule has 206 valence electrons. The average molecular weight is 537 g/mol. The van der Waals surface area contributed by atoms with E-state index in [0.717, 1.165) is 24.8 Å². The number of hydrogen-bond acceptors (Lipinski definition) is 5. The first-order valence-corrected chi connectivity index (χ1v) is 13.8. The van der Waals surface area contributed by atoms with Crippen LogP contribution in [-0.4, -0.2) is 48.1 Å². The van der Waals surface area contributed by atoms with E-state index in [-0.39, 0.29) is 24.4 Å². The second-order valence-corrected chi connectivity index (χ2v) is 9.54. The lowest BCUT2D eigenvalue weighted by molar-refractivity contribution is -0.145. The van der Waals surface area contributed by atoms with Crippen LogP contribution in [0, 0.1) is 0 Å². The Hall–Kier alpha value is -4.45. The maximum Gasteiger partial charge on any atom is 0.344 e. The summed E-state index contributed by atoms with van der Waals surface area (Å²) in [7, 11) is 0. The van der Waals surface area contributed by atoms with Crippen molar-refractivity contribution in [2.75, 3.05) is 26.3 Å². The van der Waals surface area contributed by atoms with Gasteiger partial charge in [-0.15, -0.1) is 0 Å². The van der Waals surface area contributed by atoms with Crippen molar-refractivity contribution in [1.82, 2.24) is 9.88 Å². The Kier molecular flexibility index (Phi) is 10.9. The van der Waals surface area contributed by atoms with Gasteiger partial charge in [-0.3, -0.25) is 9.78 Å². The first-order chi connectivity index (χ1) is 19.6. The fourth-order valence-corrected chi connectivity index (χ4v) is 4.78. The molecule has 0 fully saturated rings. The van der Waals surface area contributed by atoms with Gasteiger partial charge in [0.15, 0.2) is 6.61 Å². The molecule has 1 amide bonds. The van der Waals surface area contributed by atoms with Gasteiger partial charge in [-0.05, 0) is 67.1 Å². The molecule has 0 saturated heterocycles. The lowest BCUT2D eigenvalue weighted by Crippen LogP contribution is -2.34. The topological polar surface area (TPSA) is 68.7 Å². The molecule has 4 aromatic rings. The van der Waals surface area contributed by atoms with Crippen molar-refractivity contribution in [1.29, 1.82) is 0 Å². The Bertz CT molecular complexity index is 1290. The SMILES string of the molecule is CCOC(=O)COc1cccc(CCCN(CCC(c2ccccc2)c2ccccc2)C(=O)c2cccnc2)c1. The number of carbonyl (C=O) groups excluding carboxylic acids is 2. The van der Waals surface area contributed by atoms with E-state index in [1.807, 2.05) is 47.4 Å². The molecule has 0 atom stereocenters. The van der Waals surface area contributed by atoms with E-state index in [4.69, 9.17) is 9.47 Å². The number of hydrogen-bond donors (Lipinski definition) is 0. The zero-order valence-electron chi connectivity index (χ0n) is 22.9. The highest BCUT2D eigenvalue weighted by atomic mass is 16.6. The highest BCUT2D eigenvalue weighted by Crippen LogP contribution is 2.28. The van der Waals surface area contributed by atoms with Gasteiger partial charge in [0.05, 0.1) is 12.2 Å². The predicted octanol–water partition coefficient (Wildman–Crippen LogP) is 6.32. The molecule has 0 radical (unpaired) electrons. The summed E-state index contributed by atoms with van der Waals surface area (Å²) in [5, 5.41) is 0. The largest absolute Gasteiger partial charge is 0.482 e. The van der Waals surface area contributed by atoms with Gasteiger partial charge >= 0.3 is 5.97 Å². The molecule has 40 heavy (non-hydrogen) atoms. The summed E-state index contributed by atoms with van der Waals surface area (Å²) >= 11 is 0. The zero-order chi connectivity index (χ0) is 28.0. The summed E-state index contributed by atoms with van der Waals surface area (Å²) in [6.45, 7) is 3.20. The molecule has 3 aromatic carbocycles. The van der Waals surface area contributed by atoms with Crippen LogP contribution in [0.1, 0.15) is 52.7 Å². The number of rotatable bonds is 14. The number of esters is 1. The van der Waals surface area contributed by atoms with Gasteiger partial charge in [-0.1, -0.05) is 72.8 Å². The number of aromatic nitrogens is 1. The van der Waals surface area contributed by atoms with Crippen molar-refractivity contribution >= 4 is 11.9 Å². The molecule has 0 aliphatic rings. The minimum absolute atomic E-state index is 0.0144. The van der Waals surface area contributed by atoms with Crippen molar-refractivity contribution in [3.8, 4) is 5.75 Å². The van der Waals surface area contributed by atoms with Crippen molar-refractivity contribution in [2.45, 2.75) is 32.1 Å². The molecule has 0 bridgehead atoms. The molecular weight excluding hydrogens is 500 g/mol. The summed E-state index contributed by atoms with van der Waals surface area (Å²) in [6, 6.07) is 32.3. The van der Waals surface area contributed by atoms with E-state index >= 15 is 0 Å². The van der Waals surface area contributed by atoms with E-state index in [1.165, 1.54) is 11.1 Å². The van der Waals surface area contributed by atoms with Crippen LogP contribution in [-0.2, 0) is 16.0 Å². The van der Waals surface area contributed by atoms with Crippen molar-refractivity contribution in [2.24, 2.45) is 0 Å². The summed E-state index contributed by atoms with van der Waals surface area (Å²) in [5.41, 5.74) is 4.15. The van der Waals surface area contributed by atoms with Crippen molar-refractivity contribution < 1.29 is 19.1 Å². The van der Waals surface area contributed by atoms with Crippen LogP contribution in [0.5, 0.6) is 5.75 Å². The minimum atomic E-state index is -0.387. The van der Waals surface area contributed by atoms with E-state index in [0.29, 0.717) is 31.0 Å². The molecule has 0 aliphatic heterocycles. The normalized spacial score (nSPS) is 10.8. The average Bonchev–Trinajstić information content (AvgIpc) is 3.01. The summed E-state index contributed by atoms with van der Waals surface area (Å²) in [5.74, 6) is 0.406. The number of amides is 1. The van der Waals surface area contributed by atoms with Crippen LogP contribution in [0.25, 0.3) is 0 Å². The van der Waals surface area contributed by atoms with Crippen LogP contribution in [0.2, 0.25) is 0 Å². The summed E-state index contributed by atoms with van der Waals surface area (Å²) in [6.07, 6.45) is 5.67. The third-order valence-electron chi connectivity index (χ3n) is 6.74. The van der Waals surface area contributed by atoms with Gasteiger partial charge in [-0.25, -0.2) is 4.79 Å². The second-order valence-electron chi connectivity index (χ2n) is 9.54. The molecule has 6 heteroatoms. The van der Waals surface area contributed by atoms with Crippen LogP contribution < -0.4 is 4.74 Å². The third-order valence-corrected chi connectivity index (χ3v) is 6.74. The summed E-state index contributed by atoms with van der Waals surface area (Å²) in [4.78, 5) is 31.3. The standard InChI is InChI=1S/C34H36N2O4/c1-2-39-33(37)26-40-31-19-9-12-27(24-31)13-11-22-36(34(38)30-18-10-21-35-25-30)23-20-32(28-14-5-3-6-15-28)29-16-7-4-8-17-29/h3-10,12,14-19,21,24-25,32H,2,11,13,20,22-23,26H2,1H3. The molecule has 0 aliphatic carbocycles. The zero-order valence-corrected chi connectivity index (χ0v) is 22.9. The monoisotopic (exact) mass is 536 g/mol. The molecule has 0 saturated carbocycles. The van der Waals surface area contributed by atoms with Crippen LogP contribution >= 0.6 is 0 Å². The van der Waals surface area contributed by atoms with Crippen LogP contribution in [0.15, 0.2) is 109 Å². The van der Waals surface area contributed by atoms with Gasteiger partial charge < -0.3 is 14.4 Å². The van der Waals surface area contributed by atoms with E-state index in [2.05, 4.69) is 53.5 Å². The fraction of sp³-hybridized carbons (Fsp3) is 0.265. The number of pyridine rings is 1. The van der Waals surface area contributed by atoms with Crippen LogP contribution in [0.3, 0.4) is 0 Å². The van der Waals surface area contributed by atoms with Gasteiger partial charge in [0, 0.05) is 31.4 Å². The number of ether oxygens (including phenoxy) is 2. The van der Waals surface area contributed by atoms with Crippen molar-refractivity contribution in [3.63, 3.8) is 0 Å². The molecular formula is C34H36N2O4. The minimum Gasteiger partial charge on any atom is -0.482 e. The molecule has 1 aromatic heterocycles. The predicted molar refractivity (Wildman–Crippen MR) is 156 cm³/mol. The molecule has 0 N–H and O–H groups in total. The number of carbonyl (C=O) groups is 2. The van der Waals surface area contributed by atoms with E-state index < -0.39 is 0 Å². The highest BCUT2D eigenvalue weighted by Gasteiger charge is 2.20. The van der Waals surface area contributed by atoms with Gasteiger partial charge in [0.1, 0.15) is 5.75 Å². The smallest absolute Gasteiger partial charge is 0.344 e. The fourth-order valence-electron chi connectivity index (χ4n) is 4.78. The number of nitrogens with zero attached hydrogens (tertiary/aromatic N) is 2. The Balaban J connectivity index is 1.44. The number of aryl methyl sites for hydroxylation is 1.